The molecule has 1 aromatic carbocycles. The number of nitrogens with two attached hydrogens (primary N) is 1. The summed E-state index contributed by atoms with van der Waals surface area (Å²) in [6.07, 6.45) is 0. The van der Waals surface area contributed by atoms with Crippen molar-refractivity contribution in [3.63, 3.8) is 0 Å². The van der Waals surface area contributed by atoms with Crippen molar-refractivity contribution in [3.05, 3.63) is 29.8 Å². The van der Waals surface area contributed by atoms with Crippen LogP contribution in [0.5, 0.6) is 0 Å². The number of primary amides is 1. The van der Waals surface area contributed by atoms with Crippen molar-refractivity contribution in [2.24, 2.45) is 5.73 Å². The van der Waals surface area contributed by atoms with Crippen molar-refractivity contribution in [1.29, 1.82) is 0 Å². The quantitative estimate of drug-likeness (QED) is 0.428. The number of benzene rings is 1. The molecule has 0 saturated heterocycles. The van der Waals surface area contributed by atoms with Gasteiger partial charge in [0, 0.05) is 0 Å². The molecule has 80 valence electrons. The fourth-order valence-corrected chi connectivity index (χ4v) is 0.984. The van der Waals surface area contributed by atoms with Crippen LogP contribution in [-0.4, -0.2) is 24.3 Å². The third kappa shape index (κ3) is 2.44. The van der Waals surface area contributed by atoms with Crippen LogP contribution in [0.3, 0.4) is 0 Å². The largest absolute Gasteiger partial charge is 0.465 e. The number of hydrogen-bond acceptors (Lipinski definition) is 4. The summed E-state index contributed by atoms with van der Waals surface area (Å²) < 4.78 is 4.48. The normalized spacial score (nSPS) is 9.47. The Morgan fingerprint density at radius 2 is 1.87 bits per heavy atom. The Kier molecular flexibility index (Phi) is 3.25. The molecule has 0 heterocycles. The lowest BCUT2D eigenvalue weighted by Gasteiger charge is -2.11. The predicted octanol–water partition coefficient (Wildman–Crippen LogP) is 0.748. The van der Waals surface area contributed by atoms with E-state index >= 15 is 0 Å². The molecule has 0 aliphatic carbocycles. The molecule has 0 unspecified atom stereocenters. The second kappa shape index (κ2) is 4.43. The van der Waals surface area contributed by atoms with Crippen molar-refractivity contribution in [2.45, 2.75) is 0 Å². The molecule has 3 N–H and O–H groups in total. The zero-order valence-corrected chi connectivity index (χ0v) is 8.01. The topological polar surface area (TPSA) is 92.9 Å². The van der Waals surface area contributed by atoms with E-state index in [4.69, 9.17) is 10.9 Å². The molecule has 1 rings (SSSR count). The maximum atomic E-state index is 11.0. The molecule has 0 aliphatic heterocycles. The van der Waals surface area contributed by atoms with Crippen molar-refractivity contribution >= 4 is 17.7 Å². The number of nitrogens with zero attached hydrogens (tertiary/aromatic N) is 1. The van der Waals surface area contributed by atoms with E-state index in [0.717, 1.165) is 0 Å². The van der Waals surface area contributed by atoms with Gasteiger partial charge >= 0.3 is 12.0 Å². The highest BCUT2D eigenvalue weighted by molar-refractivity contribution is 5.91. The van der Waals surface area contributed by atoms with Crippen LogP contribution in [0.25, 0.3) is 0 Å². The van der Waals surface area contributed by atoms with Gasteiger partial charge in [-0.3, -0.25) is 5.21 Å². The first-order valence-corrected chi connectivity index (χ1v) is 4.03. The Morgan fingerprint density at radius 3 is 2.27 bits per heavy atom. The van der Waals surface area contributed by atoms with Crippen LogP contribution in [0.2, 0.25) is 0 Å². The van der Waals surface area contributed by atoms with Crippen LogP contribution in [0.15, 0.2) is 24.3 Å². The first-order chi connectivity index (χ1) is 7.06. The number of carbonyl (C=O) groups is 2. The smallest absolute Gasteiger partial charge is 0.343 e. The van der Waals surface area contributed by atoms with Crippen molar-refractivity contribution in [2.75, 3.05) is 12.2 Å². The summed E-state index contributed by atoms with van der Waals surface area (Å²) in [5, 5.41) is 9.41. The van der Waals surface area contributed by atoms with Crippen LogP contribution >= 0.6 is 0 Å². The molecule has 0 aliphatic rings. The molecule has 15 heavy (non-hydrogen) atoms. The van der Waals surface area contributed by atoms with E-state index in [2.05, 4.69) is 4.74 Å². The third-order valence-corrected chi connectivity index (χ3v) is 1.74. The highest BCUT2D eigenvalue weighted by Crippen LogP contribution is 2.13. The van der Waals surface area contributed by atoms with Gasteiger partial charge in [-0.05, 0) is 24.3 Å². The maximum absolute atomic E-state index is 11.0. The molecule has 0 aromatic heterocycles. The fraction of sp³-hybridized carbons (Fsp3) is 0.111. The Balaban J connectivity index is 2.90. The van der Waals surface area contributed by atoms with Gasteiger partial charge in [-0.15, -0.1) is 0 Å². The zero-order valence-electron chi connectivity index (χ0n) is 8.01. The Hall–Kier alpha value is -2.08. The summed E-state index contributed by atoms with van der Waals surface area (Å²) in [5.74, 6) is -0.495. The predicted molar refractivity (Wildman–Crippen MR) is 51.6 cm³/mol. The minimum absolute atomic E-state index is 0.176. The Labute approximate surface area is 85.8 Å². The molecule has 0 fully saturated rings. The number of amides is 2. The number of methoxy groups -OCH3 is 1. The lowest BCUT2D eigenvalue weighted by Crippen LogP contribution is -2.32. The van der Waals surface area contributed by atoms with Crippen LogP contribution < -0.4 is 10.8 Å². The highest BCUT2D eigenvalue weighted by Gasteiger charge is 2.10. The molecular formula is C9H10N2O4. The Bertz CT molecular complexity index is 374. The molecule has 0 bridgehead atoms. The van der Waals surface area contributed by atoms with E-state index in [1.807, 2.05) is 0 Å². The summed E-state index contributed by atoms with van der Waals surface area (Å²) in [6.45, 7) is 0. The van der Waals surface area contributed by atoms with Gasteiger partial charge in [0.25, 0.3) is 0 Å². The molecule has 1 aromatic rings. The van der Waals surface area contributed by atoms with E-state index in [0.29, 0.717) is 5.56 Å². The van der Waals surface area contributed by atoms with E-state index in [1.54, 1.807) is 0 Å². The van der Waals surface area contributed by atoms with Gasteiger partial charge in [0.2, 0.25) is 0 Å². The minimum Gasteiger partial charge on any atom is -0.465 e. The van der Waals surface area contributed by atoms with Gasteiger partial charge in [-0.2, -0.15) is 5.06 Å². The Morgan fingerprint density at radius 1 is 1.33 bits per heavy atom. The van der Waals surface area contributed by atoms with Gasteiger partial charge in [-0.25, -0.2) is 9.59 Å². The summed E-state index contributed by atoms with van der Waals surface area (Å²) in [6, 6.07) is 4.56. The van der Waals surface area contributed by atoms with Crippen molar-refractivity contribution in [1.82, 2.24) is 0 Å². The number of carbonyl (C=O) groups excluding carboxylic acids is 2. The average molecular weight is 210 g/mol. The summed E-state index contributed by atoms with van der Waals surface area (Å²) in [4.78, 5) is 21.6. The minimum atomic E-state index is -0.999. The van der Waals surface area contributed by atoms with Gasteiger partial charge in [0.1, 0.15) is 0 Å². The first kappa shape index (κ1) is 11.0. The van der Waals surface area contributed by atoms with E-state index in [1.165, 1.54) is 31.4 Å². The van der Waals surface area contributed by atoms with Gasteiger partial charge in [0.05, 0.1) is 18.4 Å². The van der Waals surface area contributed by atoms with Gasteiger partial charge in [0.15, 0.2) is 0 Å². The monoisotopic (exact) mass is 210 g/mol. The average Bonchev–Trinajstić information content (AvgIpc) is 2.27. The molecule has 2 amide bonds. The first-order valence-electron chi connectivity index (χ1n) is 4.03. The van der Waals surface area contributed by atoms with Gasteiger partial charge in [-0.1, -0.05) is 0 Å². The molecule has 0 saturated carbocycles. The second-order valence-corrected chi connectivity index (χ2v) is 2.69. The van der Waals surface area contributed by atoms with Crippen molar-refractivity contribution in [3.8, 4) is 0 Å². The fourth-order valence-electron chi connectivity index (χ4n) is 0.984. The number of anilines is 1. The number of esters is 1. The summed E-state index contributed by atoms with van der Waals surface area (Å²) >= 11 is 0. The van der Waals surface area contributed by atoms with Crippen LogP contribution in [0, 0.1) is 0 Å². The zero-order chi connectivity index (χ0) is 11.4. The molecule has 0 spiro atoms. The number of urea groups is 1. The molecule has 0 atom stereocenters. The number of ether oxygens (including phenoxy) is 1. The molecule has 6 nitrogen and oxygen atoms in total. The van der Waals surface area contributed by atoms with Crippen LogP contribution in [0.4, 0.5) is 10.5 Å². The number of hydrogen-bond donors (Lipinski definition) is 2. The van der Waals surface area contributed by atoms with E-state index < -0.39 is 12.0 Å². The van der Waals surface area contributed by atoms with Crippen LogP contribution in [0.1, 0.15) is 10.4 Å². The maximum Gasteiger partial charge on any atom is 0.343 e. The van der Waals surface area contributed by atoms with Crippen molar-refractivity contribution < 1.29 is 19.5 Å². The summed E-state index contributed by atoms with van der Waals surface area (Å²) in [7, 11) is 1.26. The lowest BCUT2D eigenvalue weighted by atomic mass is 10.2. The summed E-state index contributed by atoms with van der Waals surface area (Å²) in [5.41, 5.74) is 5.33. The van der Waals surface area contributed by atoms with E-state index in [9.17, 15) is 9.59 Å². The number of hydroxylamine groups is 1. The molecule has 0 radical (unpaired) electrons. The standard InChI is InChI=1S/C9H10N2O4/c1-15-8(12)6-2-4-7(5-3-6)11(14)9(10)13/h2-5,14H,1H3,(H2,10,13). The second-order valence-electron chi connectivity index (χ2n) is 2.69. The number of rotatable bonds is 2. The van der Waals surface area contributed by atoms with E-state index in [-0.39, 0.29) is 10.8 Å². The van der Waals surface area contributed by atoms with Crippen LogP contribution in [-0.2, 0) is 4.74 Å². The SMILES string of the molecule is COC(=O)c1ccc(N(O)C(N)=O)cc1. The molecular weight excluding hydrogens is 200 g/mol. The highest BCUT2D eigenvalue weighted by atomic mass is 16.5. The third-order valence-electron chi connectivity index (χ3n) is 1.74. The molecule has 6 heteroatoms. The lowest BCUT2D eigenvalue weighted by molar-refractivity contribution is 0.0600. The van der Waals surface area contributed by atoms with Gasteiger partial charge < -0.3 is 10.5 Å².